The lowest BCUT2D eigenvalue weighted by Crippen LogP contribution is -2.07. The van der Waals surface area contributed by atoms with Crippen molar-refractivity contribution in [1.29, 1.82) is 0 Å². The maximum Gasteiger partial charge on any atom is 0.0998 e. The molecule has 120 valence electrons. The van der Waals surface area contributed by atoms with Crippen molar-refractivity contribution in [2.45, 2.75) is 25.8 Å². The fourth-order valence-electron chi connectivity index (χ4n) is 2.89. The summed E-state index contributed by atoms with van der Waals surface area (Å²) < 4.78 is 0. The van der Waals surface area contributed by atoms with E-state index in [4.69, 9.17) is 4.99 Å². The molecule has 0 radical (unpaired) electrons. The second kappa shape index (κ2) is 8.26. The monoisotopic (exact) mass is 313 g/mol. The summed E-state index contributed by atoms with van der Waals surface area (Å²) in [5.74, 6) is 0. The van der Waals surface area contributed by atoms with Gasteiger partial charge in [-0.05, 0) is 23.1 Å². The molecular formula is C23H23N. The van der Waals surface area contributed by atoms with Gasteiger partial charge < -0.3 is 0 Å². The Morgan fingerprint density at radius 1 is 0.708 bits per heavy atom. The Morgan fingerprint density at radius 2 is 1.17 bits per heavy atom. The van der Waals surface area contributed by atoms with Crippen LogP contribution in [-0.2, 0) is 6.42 Å². The molecule has 0 aliphatic heterocycles. The number of nitrogens with zero attached hydrogens (tertiary/aromatic N) is 1. The lowest BCUT2D eigenvalue weighted by molar-refractivity contribution is 0.859. The van der Waals surface area contributed by atoms with E-state index in [2.05, 4.69) is 97.9 Å². The highest BCUT2D eigenvalue weighted by Gasteiger charge is 2.13. The van der Waals surface area contributed by atoms with Crippen LogP contribution in [-0.4, -0.2) is 5.71 Å². The van der Waals surface area contributed by atoms with Crippen molar-refractivity contribution in [3.63, 3.8) is 0 Å². The van der Waals surface area contributed by atoms with Gasteiger partial charge in [-0.15, -0.1) is 0 Å². The molecule has 3 aromatic carbocycles. The highest BCUT2D eigenvalue weighted by atomic mass is 14.8. The van der Waals surface area contributed by atoms with Crippen molar-refractivity contribution in [2.75, 3.05) is 0 Å². The second-order valence-electron chi connectivity index (χ2n) is 5.94. The Bertz CT molecular complexity index is 721. The predicted molar refractivity (Wildman–Crippen MR) is 103 cm³/mol. The maximum atomic E-state index is 5.15. The SMILES string of the molecule is CCC(Cc1ccccc1)=NC(c1ccccc1)c1ccccc1. The lowest BCUT2D eigenvalue weighted by atomic mass is 9.98. The first-order valence-electron chi connectivity index (χ1n) is 8.56. The molecule has 0 aromatic heterocycles. The highest BCUT2D eigenvalue weighted by molar-refractivity contribution is 5.86. The third kappa shape index (κ3) is 4.20. The van der Waals surface area contributed by atoms with Crippen LogP contribution in [0.15, 0.2) is 96.0 Å². The average Bonchev–Trinajstić information content (AvgIpc) is 2.67. The largest absolute Gasteiger partial charge is 0.281 e. The van der Waals surface area contributed by atoms with Crippen molar-refractivity contribution in [3.8, 4) is 0 Å². The molecule has 0 atom stereocenters. The first-order valence-corrected chi connectivity index (χ1v) is 8.56. The van der Waals surface area contributed by atoms with E-state index >= 15 is 0 Å². The highest BCUT2D eigenvalue weighted by Crippen LogP contribution is 2.26. The average molecular weight is 313 g/mol. The molecule has 0 aliphatic rings. The van der Waals surface area contributed by atoms with Crippen molar-refractivity contribution >= 4 is 5.71 Å². The topological polar surface area (TPSA) is 12.4 Å². The Hall–Kier alpha value is -2.67. The van der Waals surface area contributed by atoms with Gasteiger partial charge in [0.25, 0.3) is 0 Å². The van der Waals surface area contributed by atoms with E-state index in [1.807, 2.05) is 0 Å². The minimum atomic E-state index is 0.0612. The molecule has 0 aliphatic carbocycles. The fourth-order valence-corrected chi connectivity index (χ4v) is 2.89. The summed E-state index contributed by atoms with van der Waals surface area (Å²) in [6.07, 6.45) is 1.87. The number of hydrogen-bond acceptors (Lipinski definition) is 1. The van der Waals surface area contributed by atoms with E-state index in [9.17, 15) is 0 Å². The summed E-state index contributed by atoms with van der Waals surface area (Å²) in [5.41, 5.74) is 5.03. The van der Waals surface area contributed by atoms with Crippen LogP contribution in [0.1, 0.15) is 36.1 Å². The Morgan fingerprint density at radius 3 is 1.62 bits per heavy atom. The minimum absolute atomic E-state index is 0.0612. The van der Waals surface area contributed by atoms with Crippen LogP contribution in [0.3, 0.4) is 0 Å². The molecule has 0 unspecified atom stereocenters. The first kappa shape index (κ1) is 16.2. The molecule has 0 amide bonds. The van der Waals surface area contributed by atoms with E-state index in [-0.39, 0.29) is 6.04 Å². The predicted octanol–water partition coefficient (Wildman–Crippen LogP) is 5.87. The zero-order chi connectivity index (χ0) is 16.6. The van der Waals surface area contributed by atoms with E-state index in [1.165, 1.54) is 22.4 Å². The van der Waals surface area contributed by atoms with Gasteiger partial charge in [0.15, 0.2) is 0 Å². The van der Waals surface area contributed by atoms with E-state index in [0.29, 0.717) is 0 Å². The van der Waals surface area contributed by atoms with Crippen LogP contribution < -0.4 is 0 Å². The first-order chi connectivity index (χ1) is 11.9. The number of rotatable bonds is 6. The summed E-state index contributed by atoms with van der Waals surface area (Å²) in [6.45, 7) is 2.19. The summed E-state index contributed by atoms with van der Waals surface area (Å²) in [6, 6.07) is 31.8. The quantitative estimate of drug-likeness (QED) is 0.505. The molecule has 0 spiro atoms. The van der Waals surface area contributed by atoms with Gasteiger partial charge in [-0.1, -0.05) is 97.9 Å². The molecule has 0 fully saturated rings. The van der Waals surface area contributed by atoms with Gasteiger partial charge in [-0.25, -0.2) is 0 Å². The Balaban J connectivity index is 1.95. The zero-order valence-electron chi connectivity index (χ0n) is 14.1. The van der Waals surface area contributed by atoms with Gasteiger partial charge in [0.1, 0.15) is 0 Å². The molecule has 0 saturated heterocycles. The van der Waals surface area contributed by atoms with Gasteiger partial charge in [0.2, 0.25) is 0 Å². The van der Waals surface area contributed by atoms with E-state index in [0.717, 1.165) is 12.8 Å². The van der Waals surface area contributed by atoms with Gasteiger partial charge >= 0.3 is 0 Å². The molecule has 24 heavy (non-hydrogen) atoms. The fraction of sp³-hybridized carbons (Fsp3) is 0.174. The molecule has 0 N–H and O–H groups in total. The van der Waals surface area contributed by atoms with Gasteiger partial charge in [0.05, 0.1) is 6.04 Å². The standard InChI is InChI=1S/C23H23N/c1-2-22(18-19-12-6-3-7-13-19)24-23(20-14-8-4-9-15-20)21-16-10-5-11-17-21/h3-17,23H,2,18H2,1H3. The molecule has 3 rings (SSSR count). The van der Waals surface area contributed by atoms with Gasteiger partial charge in [-0.3, -0.25) is 4.99 Å². The zero-order valence-corrected chi connectivity index (χ0v) is 14.1. The van der Waals surface area contributed by atoms with Gasteiger partial charge in [-0.2, -0.15) is 0 Å². The smallest absolute Gasteiger partial charge is 0.0998 e. The van der Waals surface area contributed by atoms with Crippen LogP contribution in [0.25, 0.3) is 0 Å². The molecule has 3 aromatic rings. The van der Waals surface area contributed by atoms with Crippen molar-refractivity contribution in [1.82, 2.24) is 0 Å². The van der Waals surface area contributed by atoms with Crippen LogP contribution in [0.2, 0.25) is 0 Å². The number of aliphatic imine (C=N–C) groups is 1. The lowest BCUT2D eigenvalue weighted by Gasteiger charge is -2.16. The van der Waals surface area contributed by atoms with Crippen LogP contribution in [0.5, 0.6) is 0 Å². The molecule has 1 heteroatoms. The van der Waals surface area contributed by atoms with Crippen LogP contribution in [0, 0.1) is 0 Å². The summed E-state index contributed by atoms with van der Waals surface area (Å²) in [7, 11) is 0. The normalized spacial score (nSPS) is 11.7. The molecule has 0 saturated carbocycles. The molecule has 1 nitrogen and oxygen atoms in total. The Labute approximate surface area is 144 Å². The van der Waals surface area contributed by atoms with Crippen LogP contribution in [0.4, 0.5) is 0 Å². The van der Waals surface area contributed by atoms with E-state index < -0.39 is 0 Å². The number of hydrogen-bond donors (Lipinski definition) is 0. The van der Waals surface area contributed by atoms with Crippen molar-refractivity contribution in [3.05, 3.63) is 108 Å². The van der Waals surface area contributed by atoms with Crippen molar-refractivity contribution in [2.24, 2.45) is 4.99 Å². The molecule has 0 heterocycles. The third-order valence-electron chi connectivity index (χ3n) is 4.20. The van der Waals surface area contributed by atoms with Crippen LogP contribution >= 0.6 is 0 Å². The van der Waals surface area contributed by atoms with Gasteiger partial charge in [0, 0.05) is 12.1 Å². The second-order valence-corrected chi connectivity index (χ2v) is 5.94. The third-order valence-corrected chi connectivity index (χ3v) is 4.20. The van der Waals surface area contributed by atoms with E-state index in [1.54, 1.807) is 0 Å². The minimum Gasteiger partial charge on any atom is -0.281 e. The summed E-state index contributed by atoms with van der Waals surface area (Å²) >= 11 is 0. The molecular weight excluding hydrogens is 290 g/mol. The molecule has 0 bridgehead atoms. The summed E-state index contributed by atoms with van der Waals surface area (Å²) in [4.78, 5) is 5.15. The summed E-state index contributed by atoms with van der Waals surface area (Å²) in [5, 5.41) is 0. The van der Waals surface area contributed by atoms with Crippen molar-refractivity contribution < 1.29 is 0 Å². The maximum absolute atomic E-state index is 5.15. The number of benzene rings is 3. The Kier molecular flexibility index (Phi) is 5.57.